The number of pyridine rings is 4. The fraction of sp³-hybridized carbons (Fsp3) is 0.169. The molecule has 0 saturated heterocycles. The van der Waals surface area contributed by atoms with Crippen molar-refractivity contribution in [2.75, 3.05) is 0 Å². The number of hydrogen-bond acceptors (Lipinski definition) is 7. The van der Waals surface area contributed by atoms with Crippen LogP contribution in [-0.2, 0) is 43.8 Å². The molecule has 0 unspecified atom stereocenters. The monoisotopic (exact) mass is 1310 g/mol. The van der Waals surface area contributed by atoms with Gasteiger partial charge in [0.15, 0.2) is 0 Å². The summed E-state index contributed by atoms with van der Waals surface area (Å²) in [6, 6.07) is 70.3. The van der Waals surface area contributed by atoms with Crippen LogP contribution in [0, 0.1) is 59.3 Å². The molecule has 0 amide bonds. The van der Waals surface area contributed by atoms with Crippen molar-refractivity contribution in [2.45, 2.75) is 81.9 Å². The number of benzene rings is 7. The van der Waals surface area contributed by atoms with Gasteiger partial charge in [-0.1, -0.05) is 198 Å². The van der Waals surface area contributed by atoms with Gasteiger partial charge in [0.2, 0.25) is 5.71 Å². The minimum atomic E-state index is -2.41. The number of fused-ring (bicyclic) bond motifs is 3. The zero-order chi connectivity index (χ0) is 60.9. The summed E-state index contributed by atoms with van der Waals surface area (Å²) in [5.41, 5.74) is 15.5. The van der Waals surface area contributed by atoms with Crippen molar-refractivity contribution in [2.24, 2.45) is 0 Å². The molecule has 14 rings (SSSR count). The van der Waals surface area contributed by atoms with Gasteiger partial charge in [-0.15, -0.1) is 42.5 Å². The molecule has 422 valence electrons. The van der Waals surface area contributed by atoms with Crippen molar-refractivity contribution >= 4 is 22.1 Å². The van der Waals surface area contributed by atoms with Crippen LogP contribution in [0.15, 0.2) is 199 Å². The van der Waals surface area contributed by atoms with Crippen LogP contribution in [0.5, 0.6) is 0 Å². The summed E-state index contributed by atoms with van der Waals surface area (Å²) in [7, 11) is 0. The third kappa shape index (κ3) is 10.9. The Bertz CT molecular complexity index is 4630. The number of hydrogen-bond donors (Lipinski definition) is 0. The van der Waals surface area contributed by atoms with Gasteiger partial charge < -0.3 is 9.40 Å². The predicted octanol–water partition coefficient (Wildman–Crippen LogP) is 18.7. The molecule has 5 heterocycles. The summed E-state index contributed by atoms with van der Waals surface area (Å²) in [5.74, 6) is -0.973. The van der Waals surface area contributed by atoms with Crippen molar-refractivity contribution in [3.63, 3.8) is 0 Å². The van der Waals surface area contributed by atoms with Gasteiger partial charge >= 0.3 is 20.1 Å². The number of furan rings is 1. The third-order valence-electron chi connectivity index (χ3n) is 17.8. The van der Waals surface area contributed by atoms with Crippen LogP contribution in [0.25, 0.3) is 100 Å². The van der Waals surface area contributed by atoms with Crippen LogP contribution in [0.4, 0.5) is 8.78 Å². The summed E-state index contributed by atoms with van der Waals surface area (Å²) in [4.78, 5) is 19.4. The Kier molecular flexibility index (Phi) is 14.4. The SMILES string of the molecule is [2H]C([2H])([2H])c1ccc2c(n1)oc1c(-c3cc(-c4ccc(-c5ccccc5)cc4)c(-c4ccccc4-c4cc(CC5(c6ccc(-c7[c-]c(C#N)ccc7F)nc6)CCCC5)cc(CC5(c6ccc(-c7[c-]c(C#N)ccc7F)nc6)CCCC5)c4)cn3)[c-]ccc12.[Ir+3]. The molecule has 2 aliphatic carbocycles. The van der Waals surface area contributed by atoms with Crippen LogP contribution in [0.3, 0.4) is 0 Å². The average Bonchev–Trinajstić information content (AvgIpc) is 1.68. The number of nitrogens with zero attached hydrogens (tertiary/aromatic N) is 6. The molecule has 0 bridgehead atoms. The van der Waals surface area contributed by atoms with Crippen LogP contribution in [0.1, 0.15) is 94.6 Å². The van der Waals surface area contributed by atoms with Gasteiger partial charge in [0, 0.05) is 61.6 Å². The maximum absolute atomic E-state index is 15.3. The van der Waals surface area contributed by atoms with E-state index >= 15 is 8.78 Å². The zero-order valence-electron chi connectivity index (χ0n) is 50.2. The summed E-state index contributed by atoms with van der Waals surface area (Å²) >= 11 is 0. The van der Waals surface area contributed by atoms with Gasteiger partial charge in [0.25, 0.3) is 0 Å². The second-order valence-electron chi connectivity index (χ2n) is 23.0. The second-order valence-corrected chi connectivity index (χ2v) is 23.0. The van der Waals surface area contributed by atoms with Gasteiger partial charge in [0.1, 0.15) is 0 Å². The quantitative estimate of drug-likeness (QED) is 0.106. The van der Waals surface area contributed by atoms with E-state index in [9.17, 15) is 10.5 Å². The number of aryl methyl sites for hydroxylation is 1. The Morgan fingerprint density at radius 3 is 1.66 bits per heavy atom. The van der Waals surface area contributed by atoms with Gasteiger partial charge in [-0.2, -0.15) is 0 Å². The molecule has 7 aromatic carbocycles. The van der Waals surface area contributed by atoms with E-state index in [1.54, 1.807) is 6.07 Å². The van der Waals surface area contributed by atoms with Crippen molar-refractivity contribution in [3.05, 3.63) is 263 Å². The Balaban J connectivity index is 0.00000743. The summed E-state index contributed by atoms with van der Waals surface area (Å²) in [5, 5.41) is 20.7. The Morgan fingerprint density at radius 2 is 1.08 bits per heavy atom. The Labute approximate surface area is 522 Å². The molecular formula is C77H55F2IrN6O. The van der Waals surface area contributed by atoms with E-state index in [2.05, 4.69) is 132 Å². The van der Waals surface area contributed by atoms with Gasteiger partial charge in [0.05, 0.1) is 17.2 Å². The topological polar surface area (TPSA) is 112 Å². The maximum atomic E-state index is 15.3. The van der Waals surface area contributed by atoms with E-state index in [1.165, 1.54) is 41.5 Å². The molecule has 2 saturated carbocycles. The second kappa shape index (κ2) is 23.7. The maximum Gasteiger partial charge on any atom is 3.00 e. The first kappa shape index (κ1) is 52.9. The van der Waals surface area contributed by atoms with Crippen LogP contribution in [-0.4, -0.2) is 19.9 Å². The molecule has 0 spiro atoms. The molecule has 2 fully saturated rings. The van der Waals surface area contributed by atoms with Crippen LogP contribution >= 0.6 is 0 Å². The molecular weight excluding hydrogens is 1260 g/mol. The first-order valence-electron chi connectivity index (χ1n) is 30.7. The van der Waals surface area contributed by atoms with Gasteiger partial charge in [-0.3, -0.25) is 18.7 Å². The van der Waals surface area contributed by atoms with Crippen LogP contribution < -0.4 is 0 Å². The smallest absolute Gasteiger partial charge is 0.486 e. The fourth-order valence-electron chi connectivity index (χ4n) is 13.6. The molecule has 0 N–H and O–H groups in total. The standard InChI is InChI=1S/C77H55F2N6O.Ir/c1-49-18-27-63-62-16-11-17-64(74(62)86-75(63)85-49)73-41-65(56-23-21-55(22-24-56)54-12-3-2-4-13-54)68(48-84-73)61-15-6-5-14-60(61)57-37-52(42-76(32-7-8-33-76)58-25-30-71(82-46-58)66-39-50(44-80)19-28-69(66)78)36-53(38-57)43-77(34-9-10-35-77)59-26-31-72(83-47-59)67-40-51(45-81)20-29-70(67)79;/h2-6,11-16,18-31,36-38,41,46-48H,7-10,32-35,42-43H2,1H3;/q-3;+3/i1D3;. The van der Waals surface area contributed by atoms with Crippen molar-refractivity contribution in [1.82, 2.24) is 19.9 Å². The first-order chi connectivity index (χ1) is 43.3. The largest absolute Gasteiger partial charge is 3.00 e. The normalized spacial score (nSPS) is 14.8. The molecule has 2 aliphatic rings. The number of halogens is 2. The summed E-state index contributed by atoms with van der Waals surface area (Å²) < 4.78 is 61.1. The van der Waals surface area contributed by atoms with E-state index in [-0.39, 0.29) is 64.6 Å². The minimum Gasteiger partial charge on any atom is -0.486 e. The zero-order valence-corrected chi connectivity index (χ0v) is 49.6. The van der Waals surface area contributed by atoms with Gasteiger partial charge in [-0.25, -0.2) is 15.5 Å². The Morgan fingerprint density at radius 1 is 0.517 bits per heavy atom. The van der Waals surface area contributed by atoms with Crippen LogP contribution in [0.2, 0.25) is 0 Å². The van der Waals surface area contributed by atoms with E-state index in [1.807, 2.05) is 61.1 Å². The van der Waals surface area contributed by atoms with E-state index in [0.29, 0.717) is 33.6 Å². The summed E-state index contributed by atoms with van der Waals surface area (Å²) in [6.45, 7) is -2.41. The first-order valence-corrected chi connectivity index (χ1v) is 29.2. The Hall–Kier alpha value is -9.57. The van der Waals surface area contributed by atoms with E-state index in [4.69, 9.17) is 23.5 Å². The summed E-state index contributed by atoms with van der Waals surface area (Å²) in [6.07, 6.45) is 15.1. The molecule has 7 nitrogen and oxygen atoms in total. The van der Waals surface area contributed by atoms with Crippen molar-refractivity contribution in [1.29, 1.82) is 10.5 Å². The molecule has 0 radical (unpaired) electrons. The molecule has 0 atom stereocenters. The molecule has 87 heavy (non-hydrogen) atoms. The third-order valence-corrected chi connectivity index (χ3v) is 17.8. The number of aromatic nitrogens is 4. The minimum absolute atomic E-state index is 0. The van der Waals surface area contributed by atoms with Crippen molar-refractivity contribution in [3.8, 4) is 90.4 Å². The van der Waals surface area contributed by atoms with Crippen molar-refractivity contribution < 1.29 is 37.4 Å². The number of nitriles is 2. The fourth-order valence-corrected chi connectivity index (χ4v) is 13.6. The number of rotatable bonds is 13. The molecule has 10 heteroatoms. The van der Waals surface area contributed by atoms with E-state index in [0.717, 1.165) is 125 Å². The molecule has 12 aromatic rings. The van der Waals surface area contributed by atoms with E-state index < -0.39 is 18.5 Å². The average molecular weight is 1310 g/mol. The predicted molar refractivity (Wildman–Crippen MR) is 334 cm³/mol. The molecule has 0 aliphatic heterocycles. The molecule has 5 aromatic heterocycles. The van der Waals surface area contributed by atoms with Gasteiger partial charge in [-0.05, 0) is 137 Å².